The summed E-state index contributed by atoms with van der Waals surface area (Å²) in [5.74, 6) is 0.508. The summed E-state index contributed by atoms with van der Waals surface area (Å²) in [6, 6.07) is 19.7. The quantitative estimate of drug-likeness (QED) is 0.462. The lowest BCUT2D eigenvalue weighted by atomic mass is 10.1. The minimum Gasteiger partial charge on any atom is -0.493 e. The van der Waals surface area contributed by atoms with Crippen molar-refractivity contribution < 1.29 is 18.7 Å². The number of anilines is 2. The number of nitrogens with zero attached hydrogens (tertiary/aromatic N) is 2. The van der Waals surface area contributed by atoms with Crippen LogP contribution < -0.4 is 25.0 Å². The van der Waals surface area contributed by atoms with E-state index >= 15 is 0 Å². The van der Waals surface area contributed by atoms with Crippen molar-refractivity contribution in [1.29, 1.82) is 0 Å². The fourth-order valence-electron chi connectivity index (χ4n) is 4.10. The minimum atomic E-state index is -0.349. The van der Waals surface area contributed by atoms with E-state index in [0.717, 1.165) is 43.1 Å². The van der Waals surface area contributed by atoms with Crippen molar-refractivity contribution in [2.45, 2.75) is 6.54 Å². The van der Waals surface area contributed by atoms with Gasteiger partial charge in [0.15, 0.2) is 16.6 Å². The molecule has 1 aliphatic rings. The number of carbonyl (C=O) groups excluding carboxylic acids is 1. The number of benzene rings is 3. The van der Waals surface area contributed by atoms with Crippen LogP contribution in [0.2, 0.25) is 0 Å². The van der Waals surface area contributed by atoms with Crippen molar-refractivity contribution in [3.8, 4) is 11.5 Å². The number of hydrogen-bond donors (Lipinski definition) is 2. The molecule has 9 heteroatoms. The molecular weight excluding hydrogens is 479 g/mol. The molecule has 0 unspecified atom stereocenters. The van der Waals surface area contributed by atoms with E-state index in [4.69, 9.17) is 21.7 Å². The molecule has 1 aliphatic heterocycles. The second-order valence-electron chi connectivity index (χ2n) is 8.38. The second-order valence-corrected chi connectivity index (χ2v) is 8.79. The predicted molar refractivity (Wildman–Crippen MR) is 144 cm³/mol. The molecular formula is C27H29FN4O3S. The molecule has 0 bridgehead atoms. The van der Waals surface area contributed by atoms with E-state index < -0.39 is 0 Å². The number of ether oxygens (including phenoxy) is 2. The highest BCUT2D eigenvalue weighted by Crippen LogP contribution is 2.27. The SMILES string of the molecule is COc1ccc(C(=O)NC(=S)Nc2ccc(N3CCN(Cc4ccccc4F)CC3)cc2)cc1OC. The van der Waals surface area contributed by atoms with Gasteiger partial charge in [-0.1, -0.05) is 18.2 Å². The fourth-order valence-corrected chi connectivity index (χ4v) is 4.31. The summed E-state index contributed by atoms with van der Waals surface area (Å²) < 4.78 is 24.4. The van der Waals surface area contributed by atoms with Crippen LogP contribution in [0.25, 0.3) is 0 Å². The molecule has 36 heavy (non-hydrogen) atoms. The van der Waals surface area contributed by atoms with E-state index in [9.17, 15) is 9.18 Å². The topological polar surface area (TPSA) is 66.1 Å². The standard InChI is InChI=1S/C27H29FN4O3S/c1-34-24-12-7-19(17-25(24)35-2)26(33)30-27(36)29-21-8-10-22(11-9-21)32-15-13-31(14-16-32)18-20-5-3-4-6-23(20)28/h3-12,17H,13-16,18H2,1-2H3,(H2,29,30,33,36). The number of nitrogens with one attached hydrogen (secondary N) is 2. The van der Waals surface area contributed by atoms with E-state index in [2.05, 4.69) is 20.4 Å². The first-order valence-electron chi connectivity index (χ1n) is 11.6. The van der Waals surface area contributed by atoms with E-state index in [1.165, 1.54) is 20.3 Å². The zero-order valence-electron chi connectivity index (χ0n) is 20.3. The zero-order chi connectivity index (χ0) is 25.5. The first-order valence-corrected chi connectivity index (χ1v) is 12.0. The van der Waals surface area contributed by atoms with Crippen molar-refractivity contribution >= 4 is 34.6 Å². The lowest BCUT2D eigenvalue weighted by Crippen LogP contribution is -2.46. The molecule has 3 aromatic carbocycles. The number of piperazine rings is 1. The van der Waals surface area contributed by atoms with Gasteiger partial charge in [-0.05, 0) is 60.7 Å². The van der Waals surface area contributed by atoms with Crippen LogP contribution in [0.15, 0.2) is 66.7 Å². The minimum absolute atomic E-state index is 0.152. The fraction of sp³-hybridized carbons (Fsp3) is 0.259. The summed E-state index contributed by atoms with van der Waals surface area (Å²) in [6.07, 6.45) is 0. The lowest BCUT2D eigenvalue weighted by molar-refractivity contribution is 0.0977. The number of carbonyl (C=O) groups is 1. The molecule has 0 saturated carbocycles. The summed E-state index contributed by atoms with van der Waals surface area (Å²) in [7, 11) is 3.05. The molecule has 1 amide bonds. The van der Waals surface area contributed by atoms with Crippen molar-refractivity contribution in [1.82, 2.24) is 10.2 Å². The van der Waals surface area contributed by atoms with Gasteiger partial charge in [0.1, 0.15) is 5.82 Å². The second kappa shape index (κ2) is 11.8. The van der Waals surface area contributed by atoms with E-state index in [0.29, 0.717) is 23.6 Å². The summed E-state index contributed by atoms with van der Waals surface area (Å²) in [4.78, 5) is 17.1. The predicted octanol–water partition coefficient (Wildman–Crippen LogP) is 4.29. The van der Waals surface area contributed by atoms with E-state index in [1.54, 1.807) is 24.3 Å². The third-order valence-corrected chi connectivity index (χ3v) is 6.29. The van der Waals surface area contributed by atoms with Gasteiger partial charge in [0.25, 0.3) is 5.91 Å². The van der Waals surface area contributed by atoms with Crippen LogP contribution in [0.3, 0.4) is 0 Å². The Morgan fingerprint density at radius 1 is 0.944 bits per heavy atom. The highest BCUT2D eigenvalue weighted by molar-refractivity contribution is 7.80. The Hall–Kier alpha value is -3.69. The Labute approximate surface area is 215 Å². The number of hydrogen-bond acceptors (Lipinski definition) is 6. The van der Waals surface area contributed by atoms with Gasteiger partial charge in [0.05, 0.1) is 14.2 Å². The van der Waals surface area contributed by atoms with Gasteiger partial charge in [-0.15, -0.1) is 0 Å². The largest absolute Gasteiger partial charge is 0.493 e. The van der Waals surface area contributed by atoms with Crippen LogP contribution in [0.4, 0.5) is 15.8 Å². The number of thiocarbonyl (C=S) groups is 1. The molecule has 1 saturated heterocycles. The number of amides is 1. The van der Waals surface area contributed by atoms with Crippen molar-refractivity contribution in [2.24, 2.45) is 0 Å². The molecule has 188 valence electrons. The third kappa shape index (κ3) is 6.30. The van der Waals surface area contributed by atoms with E-state index in [1.807, 2.05) is 36.4 Å². The van der Waals surface area contributed by atoms with Crippen LogP contribution in [-0.4, -0.2) is 56.3 Å². The Morgan fingerprint density at radius 3 is 2.31 bits per heavy atom. The zero-order valence-corrected chi connectivity index (χ0v) is 21.1. The van der Waals surface area contributed by atoms with Crippen molar-refractivity contribution in [3.63, 3.8) is 0 Å². The van der Waals surface area contributed by atoms with Gasteiger partial charge in [0, 0.05) is 55.2 Å². The van der Waals surface area contributed by atoms with Gasteiger partial charge in [0.2, 0.25) is 0 Å². The smallest absolute Gasteiger partial charge is 0.257 e. The van der Waals surface area contributed by atoms with Crippen LogP contribution in [0, 0.1) is 5.82 Å². The average Bonchev–Trinajstić information content (AvgIpc) is 2.90. The van der Waals surface area contributed by atoms with Gasteiger partial charge in [-0.3, -0.25) is 15.0 Å². The van der Waals surface area contributed by atoms with Gasteiger partial charge >= 0.3 is 0 Å². The molecule has 3 aromatic rings. The molecule has 1 heterocycles. The van der Waals surface area contributed by atoms with E-state index in [-0.39, 0.29) is 16.8 Å². The Bertz CT molecular complexity index is 1210. The number of rotatable bonds is 7. The molecule has 0 atom stereocenters. The summed E-state index contributed by atoms with van der Waals surface area (Å²) in [6.45, 7) is 4.07. The highest BCUT2D eigenvalue weighted by Gasteiger charge is 2.18. The first-order chi connectivity index (χ1) is 17.5. The molecule has 4 rings (SSSR count). The summed E-state index contributed by atoms with van der Waals surface area (Å²) >= 11 is 5.31. The average molecular weight is 509 g/mol. The molecule has 7 nitrogen and oxygen atoms in total. The van der Waals surface area contributed by atoms with Gasteiger partial charge < -0.3 is 19.7 Å². The molecule has 0 aliphatic carbocycles. The normalized spacial score (nSPS) is 13.7. The highest BCUT2D eigenvalue weighted by atomic mass is 32.1. The van der Waals surface area contributed by atoms with Crippen molar-refractivity contribution in [2.75, 3.05) is 50.6 Å². The van der Waals surface area contributed by atoms with Crippen molar-refractivity contribution in [3.05, 3.63) is 83.7 Å². The maximum atomic E-state index is 13.9. The van der Waals surface area contributed by atoms with Crippen LogP contribution in [0.5, 0.6) is 11.5 Å². The molecule has 0 aromatic heterocycles. The molecule has 0 radical (unpaired) electrons. The number of methoxy groups -OCH3 is 2. The number of halogens is 1. The maximum absolute atomic E-state index is 13.9. The Balaban J connectivity index is 1.27. The molecule has 1 fully saturated rings. The lowest BCUT2D eigenvalue weighted by Gasteiger charge is -2.36. The first kappa shape index (κ1) is 25.4. The van der Waals surface area contributed by atoms with Gasteiger partial charge in [-0.2, -0.15) is 0 Å². The monoisotopic (exact) mass is 508 g/mol. The van der Waals surface area contributed by atoms with Gasteiger partial charge in [-0.25, -0.2) is 4.39 Å². The maximum Gasteiger partial charge on any atom is 0.257 e. The third-order valence-electron chi connectivity index (χ3n) is 6.09. The summed E-state index contributed by atoms with van der Waals surface area (Å²) in [5.41, 5.74) is 3.01. The van der Waals surface area contributed by atoms with Crippen LogP contribution in [-0.2, 0) is 6.54 Å². The Morgan fingerprint density at radius 2 is 1.64 bits per heavy atom. The molecule has 0 spiro atoms. The van der Waals surface area contributed by atoms with Crippen LogP contribution >= 0.6 is 12.2 Å². The Kier molecular flexibility index (Phi) is 8.35. The van der Waals surface area contributed by atoms with Crippen LogP contribution in [0.1, 0.15) is 15.9 Å². The molecule has 2 N–H and O–H groups in total. The summed E-state index contributed by atoms with van der Waals surface area (Å²) in [5, 5.41) is 5.93.